The van der Waals surface area contributed by atoms with Crippen LogP contribution in [0.15, 0.2) is 0 Å². The smallest absolute Gasteiger partial charge is 0.226 e. The average molecular weight is 351 g/mol. The average Bonchev–Trinajstić information content (AvgIpc) is 3.20. The molecule has 2 N–H and O–H groups in total. The van der Waals surface area contributed by atoms with Gasteiger partial charge in [-0.05, 0) is 38.6 Å². The number of carbonyl (C=O) groups excluding carboxylic acids is 2. The van der Waals surface area contributed by atoms with Gasteiger partial charge in [-0.2, -0.15) is 0 Å². The third kappa shape index (κ3) is 5.17. The predicted octanol–water partition coefficient (Wildman–Crippen LogP) is 0.827. The van der Waals surface area contributed by atoms with Crippen LogP contribution in [0.2, 0.25) is 0 Å². The number of nitrogens with zero attached hydrogens (tertiary/aromatic N) is 2. The molecule has 3 aliphatic rings. The third-order valence-electron chi connectivity index (χ3n) is 6.00. The highest BCUT2D eigenvalue weighted by molar-refractivity contribution is 5.88. The van der Waals surface area contributed by atoms with Gasteiger partial charge in [0, 0.05) is 57.6 Å². The van der Waals surface area contributed by atoms with Crippen LogP contribution in [0.4, 0.5) is 0 Å². The van der Waals surface area contributed by atoms with Gasteiger partial charge in [0.15, 0.2) is 0 Å². The van der Waals surface area contributed by atoms with E-state index in [1.807, 2.05) is 4.90 Å². The topological polar surface area (TPSA) is 64.7 Å². The molecule has 0 aromatic heterocycles. The van der Waals surface area contributed by atoms with E-state index in [0.717, 1.165) is 97.3 Å². The molecule has 0 aromatic carbocycles. The first-order valence-electron chi connectivity index (χ1n) is 10.3. The summed E-state index contributed by atoms with van der Waals surface area (Å²) in [7, 11) is 0. The first kappa shape index (κ1) is 18.6. The van der Waals surface area contributed by atoms with Crippen molar-refractivity contribution in [3.63, 3.8) is 0 Å². The standard InChI is InChI=1S/C19H34N4O2/c24-18(21-8-5-11-22-14-9-20-10-15-22)16-6-1-2-7-17(16)19(25)23-12-3-4-13-23/h16-17,20H,1-15H2,(H,21,24). The minimum Gasteiger partial charge on any atom is -0.356 e. The van der Waals surface area contributed by atoms with Crippen molar-refractivity contribution in [2.45, 2.75) is 44.9 Å². The summed E-state index contributed by atoms with van der Waals surface area (Å²) in [6.45, 7) is 7.87. The predicted molar refractivity (Wildman–Crippen MR) is 98.2 cm³/mol. The molecule has 1 aliphatic carbocycles. The second kappa shape index (κ2) is 9.53. The second-order valence-electron chi connectivity index (χ2n) is 7.77. The highest BCUT2D eigenvalue weighted by Gasteiger charge is 2.38. The Morgan fingerprint density at radius 1 is 0.920 bits per heavy atom. The van der Waals surface area contributed by atoms with E-state index in [4.69, 9.17) is 0 Å². The molecule has 142 valence electrons. The van der Waals surface area contributed by atoms with Crippen LogP contribution >= 0.6 is 0 Å². The van der Waals surface area contributed by atoms with Gasteiger partial charge in [-0.3, -0.25) is 9.59 Å². The van der Waals surface area contributed by atoms with Crippen LogP contribution in [0.5, 0.6) is 0 Å². The van der Waals surface area contributed by atoms with Crippen molar-refractivity contribution in [1.82, 2.24) is 20.4 Å². The lowest BCUT2D eigenvalue weighted by Crippen LogP contribution is -2.46. The Balaban J connectivity index is 1.42. The molecule has 2 amide bonds. The molecule has 0 bridgehead atoms. The van der Waals surface area contributed by atoms with Crippen molar-refractivity contribution >= 4 is 11.8 Å². The monoisotopic (exact) mass is 350 g/mol. The molecular weight excluding hydrogens is 316 g/mol. The quantitative estimate of drug-likeness (QED) is 0.697. The Morgan fingerprint density at radius 2 is 1.60 bits per heavy atom. The maximum atomic E-state index is 12.8. The van der Waals surface area contributed by atoms with Crippen molar-refractivity contribution in [3.05, 3.63) is 0 Å². The molecule has 3 fully saturated rings. The summed E-state index contributed by atoms with van der Waals surface area (Å²) in [5, 5.41) is 6.47. The molecule has 0 spiro atoms. The molecule has 0 aromatic rings. The van der Waals surface area contributed by atoms with Crippen LogP contribution < -0.4 is 10.6 Å². The van der Waals surface area contributed by atoms with Crippen molar-refractivity contribution in [2.24, 2.45) is 11.8 Å². The summed E-state index contributed by atoms with van der Waals surface area (Å²) in [5.41, 5.74) is 0. The fourth-order valence-electron chi connectivity index (χ4n) is 4.49. The fourth-order valence-corrected chi connectivity index (χ4v) is 4.49. The van der Waals surface area contributed by atoms with Crippen LogP contribution in [-0.4, -0.2) is 74.0 Å². The van der Waals surface area contributed by atoms with Crippen molar-refractivity contribution in [3.8, 4) is 0 Å². The van der Waals surface area contributed by atoms with Gasteiger partial charge in [-0.15, -0.1) is 0 Å². The number of carbonyl (C=O) groups is 2. The summed E-state index contributed by atoms with van der Waals surface area (Å²) in [5.74, 6) is 0.150. The number of amides is 2. The minimum atomic E-state index is -0.110. The lowest BCUT2D eigenvalue weighted by Gasteiger charge is -2.32. The summed E-state index contributed by atoms with van der Waals surface area (Å²) in [4.78, 5) is 29.9. The molecule has 6 nitrogen and oxygen atoms in total. The zero-order chi connectivity index (χ0) is 17.5. The Kier molecular flexibility index (Phi) is 7.11. The van der Waals surface area contributed by atoms with Gasteiger partial charge in [0.05, 0.1) is 0 Å². The molecule has 6 heteroatoms. The molecule has 2 atom stereocenters. The Morgan fingerprint density at radius 3 is 2.32 bits per heavy atom. The van der Waals surface area contributed by atoms with Gasteiger partial charge in [0.1, 0.15) is 0 Å². The largest absolute Gasteiger partial charge is 0.356 e. The molecule has 2 saturated heterocycles. The zero-order valence-corrected chi connectivity index (χ0v) is 15.5. The van der Waals surface area contributed by atoms with E-state index in [-0.39, 0.29) is 23.7 Å². The van der Waals surface area contributed by atoms with Gasteiger partial charge < -0.3 is 20.4 Å². The van der Waals surface area contributed by atoms with Crippen LogP contribution in [0, 0.1) is 11.8 Å². The number of piperazine rings is 1. The summed E-state index contributed by atoms with van der Waals surface area (Å²) < 4.78 is 0. The SMILES string of the molecule is O=C(NCCCN1CCNCC1)C1CCCCC1C(=O)N1CCCC1. The highest BCUT2D eigenvalue weighted by Crippen LogP contribution is 2.32. The van der Waals surface area contributed by atoms with E-state index in [1.54, 1.807) is 0 Å². The zero-order valence-electron chi connectivity index (χ0n) is 15.5. The van der Waals surface area contributed by atoms with E-state index in [9.17, 15) is 9.59 Å². The third-order valence-corrected chi connectivity index (χ3v) is 6.00. The lowest BCUT2D eigenvalue weighted by atomic mass is 9.78. The lowest BCUT2D eigenvalue weighted by molar-refractivity contribution is -0.142. The number of likely N-dealkylation sites (tertiary alicyclic amines) is 1. The summed E-state index contributed by atoms with van der Waals surface area (Å²) in [6, 6.07) is 0. The van der Waals surface area contributed by atoms with Gasteiger partial charge in [0.2, 0.25) is 11.8 Å². The molecule has 2 unspecified atom stereocenters. The number of nitrogens with one attached hydrogen (secondary N) is 2. The summed E-state index contributed by atoms with van der Waals surface area (Å²) >= 11 is 0. The number of rotatable bonds is 6. The van der Waals surface area contributed by atoms with Crippen LogP contribution in [-0.2, 0) is 9.59 Å². The normalized spacial score (nSPS) is 28.1. The van der Waals surface area contributed by atoms with Crippen LogP contribution in [0.25, 0.3) is 0 Å². The number of hydrogen-bond donors (Lipinski definition) is 2. The Labute approximate surface area is 151 Å². The van der Waals surface area contributed by atoms with E-state index in [1.165, 1.54) is 0 Å². The van der Waals surface area contributed by atoms with Crippen molar-refractivity contribution in [1.29, 1.82) is 0 Å². The highest BCUT2D eigenvalue weighted by atomic mass is 16.2. The Bertz CT molecular complexity index is 445. The van der Waals surface area contributed by atoms with Crippen LogP contribution in [0.1, 0.15) is 44.9 Å². The Hall–Kier alpha value is -1.14. The molecule has 0 radical (unpaired) electrons. The summed E-state index contributed by atoms with van der Waals surface area (Å²) in [6.07, 6.45) is 7.12. The fraction of sp³-hybridized carbons (Fsp3) is 0.895. The maximum absolute atomic E-state index is 12.8. The van der Waals surface area contributed by atoms with Gasteiger partial charge in [-0.1, -0.05) is 12.8 Å². The second-order valence-corrected chi connectivity index (χ2v) is 7.77. The van der Waals surface area contributed by atoms with E-state index in [2.05, 4.69) is 15.5 Å². The van der Waals surface area contributed by atoms with Crippen LogP contribution in [0.3, 0.4) is 0 Å². The first-order chi connectivity index (χ1) is 12.3. The molecule has 1 saturated carbocycles. The first-order valence-corrected chi connectivity index (χ1v) is 10.3. The van der Waals surface area contributed by atoms with E-state index in [0.29, 0.717) is 0 Å². The van der Waals surface area contributed by atoms with Crippen molar-refractivity contribution < 1.29 is 9.59 Å². The van der Waals surface area contributed by atoms with Gasteiger partial charge in [0.25, 0.3) is 0 Å². The molecule has 25 heavy (non-hydrogen) atoms. The maximum Gasteiger partial charge on any atom is 0.226 e. The van der Waals surface area contributed by atoms with Gasteiger partial charge >= 0.3 is 0 Å². The molecular formula is C19H34N4O2. The van der Waals surface area contributed by atoms with E-state index < -0.39 is 0 Å². The minimum absolute atomic E-state index is 0.0833. The number of hydrogen-bond acceptors (Lipinski definition) is 4. The molecule has 2 aliphatic heterocycles. The van der Waals surface area contributed by atoms with E-state index >= 15 is 0 Å². The molecule has 3 rings (SSSR count). The molecule has 2 heterocycles. The van der Waals surface area contributed by atoms with Gasteiger partial charge in [-0.25, -0.2) is 0 Å². The van der Waals surface area contributed by atoms with Crippen molar-refractivity contribution in [2.75, 3.05) is 52.4 Å².